The molecule has 0 radical (unpaired) electrons. The largest absolute Gasteiger partial charge is 0.756 e. The zero-order chi connectivity index (χ0) is 51.3. The van der Waals surface area contributed by atoms with Crippen LogP contribution in [0.5, 0.6) is 0 Å². The van der Waals surface area contributed by atoms with Gasteiger partial charge in [-0.3, -0.25) is 14.2 Å². The summed E-state index contributed by atoms with van der Waals surface area (Å²) in [5, 5.41) is 0. The van der Waals surface area contributed by atoms with Crippen molar-refractivity contribution in [1.29, 1.82) is 0 Å². The molecule has 2 unspecified atom stereocenters. The molecule has 0 N–H and O–H groups in total. The van der Waals surface area contributed by atoms with Gasteiger partial charge in [0.15, 0.2) is 6.10 Å². The SMILES string of the molecule is CC/C=C\C/C=C\C/C=C\C/C=C\C/C=C\C/C=C\C/C=C\C/C=C\C/C=C\CCCCCCCCCC(=O)OC(COC(=O)CCCCCCCCCCCCC)COP(=O)([O-])OCC[N+](C)(C)C. The Bertz CT molecular complexity index is 1550. The van der Waals surface area contributed by atoms with Crippen molar-refractivity contribution in [2.75, 3.05) is 47.5 Å². The van der Waals surface area contributed by atoms with Gasteiger partial charge in [0.05, 0.1) is 27.7 Å². The number of phosphoric ester groups is 1. The molecule has 0 aromatic rings. The monoisotopic (exact) mass is 996 g/mol. The Labute approximate surface area is 429 Å². The maximum atomic E-state index is 12.7. The van der Waals surface area contributed by atoms with E-state index in [4.69, 9.17) is 18.5 Å². The van der Waals surface area contributed by atoms with E-state index in [1.54, 1.807) is 0 Å². The highest BCUT2D eigenvalue weighted by atomic mass is 31.2. The van der Waals surface area contributed by atoms with Gasteiger partial charge in [-0.25, -0.2) is 0 Å². The summed E-state index contributed by atoms with van der Waals surface area (Å²) < 4.78 is 34.0. The lowest BCUT2D eigenvalue weighted by molar-refractivity contribution is -0.870. The summed E-state index contributed by atoms with van der Waals surface area (Å²) in [6, 6.07) is 0. The van der Waals surface area contributed by atoms with Gasteiger partial charge in [0, 0.05) is 12.8 Å². The number of ether oxygens (including phenoxy) is 2. The molecule has 0 spiro atoms. The molecule has 0 aliphatic heterocycles. The van der Waals surface area contributed by atoms with Crippen LogP contribution in [0, 0.1) is 0 Å². The number of hydrogen-bond acceptors (Lipinski definition) is 8. The van der Waals surface area contributed by atoms with Gasteiger partial charge < -0.3 is 27.9 Å². The number of hydrogen-bond donors (Lipinski definition) is 0. The Morgan fingerprint density at radius 2 is 0.814 bits per heavy atom. The summed E-state index contributed by atoms with van der Waals surface area (Å²) >= 11 is 0. The molecule has 0 aromatic heterocycles. The van der Waals surface area contributed by atoms with Crippen molar-refractivity contribution < 1.29 is 42.1 Å². The lowest BCUT2D eigenvalue weighted by atomic mass is 10.1. The summed E-state index contributed by atoms with van der Waals surface area (Å²) in [6.07, 6.45) is 69.9. The molecule has 0 aromatic carbocycles. The predicted octanol–water partition coefficient (Wildman–Crippen LogP) is 16.4. The molecule has 0 aliphatic carbocycles. The zero-order valence-electron chi connectivity index (χ0n) is 45.2. The first-order valence-electron chi connectivity index (χ1n) is 27.6. The number of phosphoric acid groups is 1. The molecule has 0 aliphatic rings. The van der Waals surface area contributed by atoms with Crippen molar-refractivity contribution in [1.82, 2.24) is 0 Å². The van der Waals surface area contributed by atoms with E-state index in [2.05, 4.69) is 123 Å². The van der Waals surface area contributed by atoms with Crippen LogP contribution in [0.1, 0.15) is 206 Å². The molecule has 0 amide bonds. The van der Waals surface area contributed by atoms with Gasteiger partial charge in [0.2, 0.25) is 0 Å². The average Bonchev–Trinajstić information content (AvgIpc) is 3.32. The molecule has 400 valence electrons. The molecule has 0 saturated carbocycles. The lowest BCUT2D eigenvalue weighted by Crippen LogP contribution is -2.37. The van der Waals surface area contributed by atoms with Gasteiger partial charge in [-0.1, -0.05) is 220 Å². The van der Waals surface area contributed by atoms with Crippen molar-refractivity contribution in [2.45, 2.75) is 213 Å². The van der Waals surface area contributed by atoms with Crippen LogP contribution in [0.25, 0.3) is 0 Å². The molecule has 9 nitrogen and oxygen atoms in total. The topological polar surface area (TPSA) is 111 Å². The molecule has 0 bridgehead atoms. The normalized spacial score (nSPS) is 14.2. The van der Waals surface area contributed by atoms with Gasteiger partial charge in [-0.15, -0.1) is 0 Å². The number of carbonyl (C=O) groups is 2. The molecule has 0 saturated heterocycles. The Morgan fingerprint density at radius 1 is 0.457 bits per heavy atom. The minimum Gasteiger partial charge on any atom is -0.756 e. The van der Waals surface area contributed by atoms with Crippen molar-refractivity contribution >= 4 is 19.8 Å². The number of carbonyl (C=O) groups excluding carboxylic acids is 2. The van der Waals surface area contributed by atoms with Crippen molar-refractivity contribution in [2.24, 2.45) is 0 Å². The minimum atomic E-state index is -4.64. The highest BCUT2D eigenvalue weighted by Gasteiger charge is 2.21. The average molecular weight is 996 g/mol. The van der Waals surface area contributed by atoms with E-state index in [-0.39, 0.29) is 26.1 Å². The zero-order valence-corrected chi connectivity index (χ0v) is 46.1. The van der Waals surface area contributed by atoms with E-state index in [1.165, 1.54) is 70.6 Å². The van der Waals surface area contributed by atoms with Crippen LogP contribution in [0.15, 0.2) is 109 Å². The summed E-state index contributed by atoms with van der Waals surface area (Å²) in [6.45, 7) is 4.08. The van der Waals surface area contributed by atoms with E-state index < -0.39 is 32.5 Å². The number of allylic oxidation sites excluding steroid dienone is 18. The fraction of sp³-hybridized carbons (Fsp3) is 0.667. The minimum absolute atomic E-state index is 0.0374. The molecule has 10 heteroatoms. The van der Waals surface area contributed by atoms with Crippen LogP contribution < -0.4 is 4.89 Å². The van der Waals surface area contributed by atoms with E-state index in [9.17, 15) is 19.0 Å². The van der Waals surface area contributed by atoms with Crippen LogP contribution in [-0.2, 0) is 32.7 Å². The summed E-state index contributed by atoms with van der Waals surface area (Å²) in [7, 11) is 1.15. The van der Waals surface area contributed by atoms with E-state index in [0.29, 0.717) is 17.4 Å². The maximum Gasteiger partial charge on any atom is 0.306 e. The first-order chi connectivity index (χ1) is 34.0. The van der Waals surface area contributed by atoms with Gasteiger partial charge in [-0.05, 0) is 83.5 Å². The van der Waals surface area contributed by atoms with Gasteiger partial charge in [0.25, 0.3) is 7.82 Å². The first-order valence-corrected chi connectivity index (χ1v) is 29.1. The molecule has 0 fully saturated rings. The van der Waals surface area contributed by atoms with Crippen LogP contribution >= 0.6 is 7.82 Å². The quantitative estimate of drug-likeness (QED) is 0.0195. The van der Waals surface area contributed by atoms with Crippen molar-refractivity contribution in [3.8, 4) is 0 Å². The Morgan fingerprint density at radius 3 is 1.21 bits per heavy atom. The Balaban J connectivity index is 4.15. The Hall–Kier alpha value is -3.33. The van der Waals surface area contributed by atoms with Crippen molar-refractivity contribution in [3.63, 3.8) is 0 Å². The number of rotatable bonds is 49. The highest BCUT2D eigenvalue weighted by Crippen LogP contribution is 2.38. The number of quaternary nitrogens is 1. The standard InChI is InChI=1S/C60H102NO8P/c1-6-8-10-12-14-16-18-19-20-21-22-23-24-25-26-27-28-29-30-31-32-33-34-35-36-37-38-39-40-41-43-45-47-49-51-53-60(63)69-58(57-68-70(64,65)67-55-54-61(3,4)5)56-66-59(62)52-50-48-46-44-42-17-15-13-11-9-7-2/h8,10,14,16,19-20,22-23,25-26,28-29,31-32,34-35,37-38,58H,6-7,9,11-13,15,17-18,21,24,27,30,33,36,39-57H2,1-5H3/b10-8-,16-14-,20-19-,23-22-,26-25-,29-28-,32-31-,35-34-,38-37-. The first kappa shape index (κ1) is 66.7. The third-order valence-electron chi connectivity index (χ3n) is 11.3. The molecular formula is C60H102NO8P. The van der Waals surface area contributed by atoms with E-state index >= 15 is 0 Å². The lowest BCUT2D eigenvalue weighted by Gasteiger charge is -2.28. The smallest absolute Gasteiger partial charge is 0.306 e. The maximum absolute atomic E-state index is 12.7. The number of likely N-dealkylation sites (N-methyl/N-ethyl adjacent to an activating group) is 1. The Kier molecular flexibility index (Phi) is 48.2. The molecule has 2 atom stereocenters. The molecule has 70 heavy (non-hydrogen) atoms. The number of esters is 2. The second kappa shape index (κ2) is 50.6. The third kappa shape index (κ3) is 54.0. The molecule has 0 rings (SSSR count). The van der Waals surface area contributed by atoms with Crippen LogP contribution in [0.2, 0.25) is 0 Å². The second-order valence-electron chi connectivity index (χ2n) is 19.2. The third-order valence-corrected chi connectivity index (χ3v) is 12.3. The summed E-state index contributed by atoms with van der Waals surface area (Å²) in [4.78, 5) is 37.7. The van der Waals surface area contributed by atoms with Crippen LogP contribution in [-0.4, -0.2) is 70.0 Å². The van der Waals surface area contributed by atoms with Crippen LogP contribution in [0.4, 0.5) is 0 Å². The van der Waals surface area contributed by atoms with Crippen molar-refractivity contribution in [3.05, 3.63) is 109 Å². The van der Waals surface area contributed by atoms with Gasteiger partial charge >= 0.3 is 11.9 Å². The summed E-state index contributed by atoms with van der Waals surface area (Å²) in [5.74, 6) is -0.852. The molecular weight excluding hydrogens is 894 g/mol. The summed E-state index contributed by atoms with van der Waals surface area (Å²) in [5.41, 5.74) is 0. The molecule has 0 heterocycles. The van der Waals surface area contributed by atoms with E-state index in [0.717, 1.165) is 103 Å². The number of unbranched alkanes of at least 4 members (excludes halogenated alkanes) is 17. The highest BCUT2D eigenvalue weighted by molar-refractivity contribution is 7.45. The second-order valence-corrected chi connectivity index (χ2v) is 20.6. The van der Waals surface area contributed by atoms with E-state index in [1.807, 2.05) is 21.1 Å². The van der Waals surface area contributed by atoms with Gasteiger partial charge in [0.1, 0.15) is 19.8 Å². The van der Waals surface area contributed by atoms with Crippen LogP contribution in [0.3, 0.4) is 0 Å². The number of nitrogens with zero attached hydrogens (tertiary/aromatic N) is 1. The fourth-order valence-electron chi connectivity index (χ4n) is 7.06. The predicted molar refractivity (Wildman–Crippen MR) is 295 cm³/mol. The fourth-order valence-corrected chi connectivity index (χ4v) is 7.79. The van der Waals surface area contributed by atoms with Gasteiger partial charge in [-0.2, -0.15) is 0 Å².